The van der Waals surface area contributed by atoms with Crippen LogP contribution >= 0.6 is 23.2 Å². The van der Waals surface area contributed by atoms with Crippen LogP contribution in [-0.4, -0.2) is 94.5 Å². The van der Waals surface area contributed by atoms with Crippen LogP contribution in [0.4, 0.5) is 21.5 Å². The first kappa shape index (κ1) is 51.4. The highest BCUT2D eigenvalue weighted by molar-refractivity contribution is 6.38. The lowest BCUT2D eigenvalue weighted by molar-refractivity contribution is -0.138. The van der Waals surface area contributed by atoms with Crippen molar-refractivity contribution in [3.8, 4) is 0 Å². The third kappa shape index (κ3) is 11.2. The molecule has 13 nitrogen and oxygen atoms in total. The van der Waals surface area contributed by atoms with Crippen LogP contribution in [0.25, 0.3) is 0 Å². The molecule has 358 valence electrons. The molecule has 5 aliphatic rings. The molecule has 5 N–H and O–H groups in total. The number of halogens is 3. The Hall–Kier alpha value is -4.99. The number of rotatable bonds is 9. The van der Waals surface area contributed by atoms with Crippen LogP contribution in [-0.2, 0) is 28.8 Å². The molecule has 3 aromatic carbocycles. The quantitative estimate of drug-likeness (QED) is 0.102. The minimum Gasteiger partial charge on any atom is -0.372 e. The molecule has 5 fully saturated rings. The van der Waals surface area contributed by atoms with Crippen molar-refractivity contribution in [1.82, 2.24) is 15.5 Å². The molecule has 3 unspecified atom stereocenters. The Kier molecular flexibility index (Phi) is 17.6. The largest absolute Gasteiger partial charge is 0.372 e. The highest BCUT2D eigenvalue weighted by Crippen LogP contribution is 2.55. The van der Waals surface area contributed by atoms with Gasteiger partial charge in [0, 0.05) is 68.2 Å². The number of piperidine rings is 2. The Morgan fingerprint density at radius 3 is 2.21 bits per heavy atom. The minimum absolute atomic E-state index is 0.0877. The number of benzene rings is 3. The number of nitrogens with zero attached hydrogens (tertiary/aromatic N) is 3. The first-order valence-electron chi connectivity index (χ1n) is 23.5. The van der Waals surface area contributed by atoms with Gasteiger partial charge in [0.15, 0.2) is 0 Å². The van der Waals surface area contributed by atoms with E-state index in [1.165, 1.54) is 11.3 Å². The first-order chi connectivity index (χ1) is 32.1. The molecule has 2 radical (unpaired) electrons. The fraction of sp³-hybridized carbons (Fsp3) is 0.520. The van der Waals surface area contributed by atoms with Crippen molar-refractivity contribution in [1.29, 1.82) is 0 Å². The summed E-state index contributed by atoms with van der Waals surface area (Å²) in [6, 6.07) is 15.5. The fourth-order valence-corrected chi connectivity index (χ4v) is 11.6. The second-order valence-corrected chi connectivity index (χ2v) is 19.5. The van der Waals surface area contributed by atoms with E-state index in [2.05, 4.69) is 21.7 Å². The van der Waals surface area contributed by atoms with Crippen LogP contribution in [0.3, 0.4) is 0 Å². The topological polar surface area (TPSA) is 174 Å². The van der Waals surface area contributed by atoms with Gasteiger partial charge in [-0.05, 0) is 99.2 Å². The number of amides is 6. The van der Waals surface area contributed by atoms with Crippen LogP contribution in [0.15, 0.2) is 54.6 Å². The molecule has 6 amide bonds. The summed E-state index contributed by atoms with van der Waals surface area (Å²) < 4.78 is 15.0. The number of carbonyl (C=O) groups is 6. The van der Waals surface area contributed by atoms with E-state index in [0.29, 0.717) is 58.4 Å². The molecule has 3 aromatic rings. The van der Waals surface area contributed by atoms with Crippen LogP contribution in [0.2, 0.25) is 10.0 Å². The summed E-state index contributed by atoms with van der Waals surface area (Å²) in [7, 11) is 10.1. The van der Waals surface area contributed by atoms with Crippen molar-refractivity contribution in [3.05, 3.63) is 81.6 Å². The van der Waals surface area contributed by atoms with Gasteiger partial charge in [-0.1, -0.05) is 91.5 Å². The Bertz CT molecular complexity index is 2290. The van der Waals surface area contributed by atoms with Crippen molar-refractivity contribution in [2.45, 2.75) is 120 Å². The van der Waals surface area contributed by atoms with Crippen molar-refractivity contribution in [2.24, 2.45) is 17.1 Å². The molecular formula is C50H63BCl2FN7O6. The number of hydrogen-bond donors (Lipinski definition) is 4. The first-order valence-corrected chi connectivity index (χ1v) is 24.2. The Morgan fingerprint density at radius 1 is 0.910 bits per heavy atom. The van der Waals surface area contributed by atoms with Crippen LogP contribution in [0, 0.1) is 17.2 Å². The van der Waals surface area contributed by atoms with Crippen LogP contribution < -0.4 is 36.9 Å². The number of likely N-dealkylation sites (N-methyl/N-ethyl adjacent to an activating group) is 1. The van der Waals surface area contributed by atoms with E-state index in [1.54, 1.807) is 55.4 Å². The van der Waals surface area contributed by atoms with Gasteiger partial charge in [0.05, 0.1) is 21.8 Å². The maximum Gasteiger partial charge on any atom is 0.249 e. The molecule has 67 heavy (non-hydrogen) atoms. The molecule has 1 spiro atoms. The number of likely N-dealkylation sites (tertiary alicyclic amines) is 1. The van der Waals surface area contributed by atoms with E-state index in [1.807, 2.05) is 30.0 Å². The molecule has 17 heteroatoms. The number of imide groups is 1. The molecule has 0 bridgehead atoms. The lowest BCUT2D eigenvalue weighted by Crippen LogP contribution is -2.57. The molecule has 2 saturated carbocycles. The Labute approximate surface area is 404 Å². The summed E-state index contributed by atoms with van der Waals surface area (Å²) in [5, 5.41) is 9.73. The van der Waals surface area contributed by atoms with E-state index >= 15 is 0 Å². The van der Waals surface area contributed by atoms with Gasteiger partial charge >= 0.3 is 0 Å². The van der Waals surface area contributed by atoms with E-state index in [0.717, 1.165) is 89.3 Å². The highest BCUT2D eigenvalue weighted by Gasteiger charge is 2.62. The van der Waals surface area contributed by atoms with Gasteiger partial charge in [0.25, 0.3) is 0 Å². The third-order valence-corrected chi connectivity index (χ3v) is 15.5. The lowest BCUT2D eigenvalue weighted by Gasteiger charge is -2.47. The van der Waals surface area contributed by atoms with Crippen molar-refractivity contribution in [3.63, 3.8) is 0 Å². The highest BCUT2D eigenvalue weighted by atomic mass is 35.5. The standard InChI is InChI=1S/C26H35BN4O4.C23H25Cl2FN2O.CH3NO/c1-29(16-32)24-20(30(2)21-10-11-22(33)28-25(21)34)9-8-19(23(24)27)17-12-14-31(15-13-17)26(35)18-6-4-3-5-7-18;1-22(21(29)28-16-8-5-7-15(24)13-16)18(17-9-6-10-19(25)20(17)26)14-27-23(22)11-3-2-4-12-23;2-1-3/h8-9,16-18,21H,3-7,10-15H2,1-2H3,(H,28,33,34);5-10,13,18,27H,2-4,11-12,14H2,1H3,(H,28,29);1H,(H2,2,3). The summed E-state index contributed by atoms with van der Waals surface area (Å²) in [6.07, 6.45) is 13.9. The van der Waals surface area contributed by atoms with Gasteiger partial charge in [-0.2, -0.15) is 0 Å². The van der Waals surface area contributed by atoms with Gasteiger partial charge in [-0.25, -0.2) is 4.39 Å². The zero-order valence-corrected chi connectivity index (χ0v) is 40.3. The summed E-state index contributed by atoms with van der Waals surface area (Å²) in [5.41, 5.74) is 6.83. The van der Waals surface area contributed by atoms with E-state index < -0.39 is 17.3 Å². The number of carbonyl (C=O) groups excluding carboxylic acids is 6. The van der Waals surface area contributed by atoms with Crippen molar-refractivity contribution in [2.75, 3.05) is 48.8 Å². The number of nitrogens with one attached hydrogen (secondary N) is 3. The molecule has 0 aromatic heterocycles. The average molecular weight is 959 g/mol. The van der Waals surface area contributed by atoms with Crippen LogP contribution in [0.5, 0.6) is 0 Å². The summed E-state index contributed by atoms with van der Waals surface area (Å²) >= 11 is 12.2. The Morgan fingerprint density at radius 2 is 1.57 bits per heavy atom. The molecule has 3 aliphatic heterocycles. The second-order valence-electron chi connectivity index (χ2n) is 18.7. The predicted octanol–water partition coefficient (Wildman–Crippen LogP) is 6.87. The van der Waals surface area contributed by atoms with E-state index in [4.69, 9.17) is 35.8 Å². The minimum atomic E-state index is -0.832. The number of hydrogen-bond acceptors (Lipinski definition) is 8. The zero-order valence-electron chi connectivity index (χ0n) is 38.8. The smallest absolute Gasteiger partial charge is 0.249 e. The molecule has 8 rings (SSSR count). The molecule has 3 heterocycles. The number of anilines is 3. The Balaban J connectivity index is 0.000000212. The van der Waals surface area contributed by atoms with Gasteiger partial charge in [-0.3, -0.25) is 34.1 Å². The molecule has 3 saturated heterocycles. The van der Waals surface area contributed by atoms with Gasteiger partial charge in [0.2, 0.25) is 36.4 Å². The summed E-state index contributed by atoms with van der Waals surface area (Å²) in [6.45, 7) is 3.95. The molecular weight excluding hydrogens is 895 g/mol. The summed E-state index contributed by atoms with van der Waals surface area (Å²) in [4.78, 5) is 76.3. The lowest BCUT2D eigenvalue weighted by atomic mass is 9.59. The van der Waals surface area contributed by atoms with Gasteiger partial charge in [0.1, 0.15) is 19.7 Å². The van der Waals surface area contributed by atoms with Gasteiger partial charge in [-0.15, -0.1) is 0 Å². The average Bonchev–Trinajstić information content (AvgIpc) is 3.60. The second kappa shape index (κ2) is 22.9. The number of nitrogens with two attached hydrogens (primary N) is 1. The number of primary amides is 1. The molecule has 3 atom stereocenters. The maximum atomic E-state index is 15.0. The van der Waals surface area contributed by atoms with Crippen LogP contribution in [0.1, 0.15) is 120 Å². The van der Waals surface area contributed by atoms with Crippen molar-refractivity contribution >= 4 is 90.0 Å². The van der Waals surface area contributed by atoms with Crippen molar-refractivity contribution < 1.29 is 33.2 Å². The summed E-state index contributed by atoms with van der Waals surface area (Å²) in [5.74, 6) is -0.808. The van der Waals surface area contributed by atoms with E-state index in [-0.39, 0.29) is 58.9 Å². The van der Waals surface area contributed by atoms with E-state index in [9.17, 15) is 28.4 Å². The third-order valence-electron chi connectivity index (χ3n) is 15.0. The monoisotopic (exact) mass is 957 g/mol. The normalized spacial score (nSPS) is 22.9. The molecule has 2 aliphatic carbocycles. The zero-order chi connectivity index (χ0) is 48.5. The SMILES string of the molecule is CC1(C(=O)Nc2cccc(Cl)c2)C(c2cccc(Cl)c2F)CNC12CCCCC2.NC=O.[B]c1c(C2CCN(C(=O)C3CCCCC3)CC2)ccc(N(C)C2CCC(=O)NC2=O)c1N(C)C=O. The predicted molar refractivity (Wildman–Crippen MR) is 262 cm³/mol. The fourth-order valence-electron chi connectivity index (χ4n) is 11.2. The van der Waals surface area contributed by atoms with Gasteiger partial charge < -0.3 is 31.1 Å². The maximum absolute atomic E-state index is 15.0.